The van der Waals surface area contributed by atoms with E-state index >= 15 is 0 Å². The van der Waals surface area contributed by atoms with Crippen molar-refractivity contribution in [2.75, 3.05) is 50.7 Å². The first kappa shape index (κ1) is 29.5. The average molecular weight is 591 g/mol. The van der Waals surface area contributed by atoms with Gasteiger partial charge in [-0.05, 0) is 57.2 Å². The molecule has 5 rings (SSSR count). The molecule has 1 fully saturated rings. The number of nitrogens with two attached hydrogens (primary N) is 1. The minimum atomic E-state index is -4.07. The molecule has 220 valence electrons. The number of aromatic nitrogens is 4. The molecule has 3 heterocycles. The predicted octanol–water partition coefficient (Wildman–Crippen LogP) is 1.43. The number of fused-ring (bicyclic) bond motifs is 3. The van der Waals surface area contributed by atoms with Crippen LogP contribution < -0.4 is 20.4 Å². The Labute approximate surface area is 245 Å². The number of rotatable bonds is 10. The number of piperazine rings is 1. The molecular formula is C30H38N8O3S+2. The molecule has 2 N–H and O–H groups in total. The Morgan fingerprint density at radius 3 is 2.52 bits per heavy atom. The Morgan fingerprint density at radius 1 is 1.10 bits per heavy atom. The van der Waals surface area contributed by atoms with E-state index in [2.05, 4.69) is 40.1 Å². The zero-order valence-electron chi connectivity index (χ0n) is 24.3. The molecule has 0 atom stereocenters. The van der Waals surface area contributed by atoms with Crippen LogP contribution in [-0.4, -0.2) is 85.3 Å². The summed E-state index contributed by atoms with van der Waals surface area (Å²) in [6.07, 6.45) is 1.96. The second-order valence-corrected chi connectivity index (χ2v) is 12.8. The van der Waals surface area contributed by atoms with Gasteiger partial charge in [-0.3, -0.25) is 4.90 Å². The molecule has 4 aromatic rings. The lowest BCUT2D eigenvalue weighted by Crippen LogP contribution is -2.47. The molecule has 0 unspecified atom stereocenters. The highest BCUT2D eigenvalue weighted by atomic mass is 32.2. The van der Waals surface area contributed by atoms with E-state index in [0.29, 0.717) is 23.0 Å². The van der Waals surface area contributed by atoms with Gasteiger partial charge in [0.2, 0.25) is 9.84 Å². The van der Waals surface area contributed by atoms with Crippen LogP contribution in [0.25, 0.3) is 16.6 Å². The summed E-state index contributed by atoms with van der Waals surface area (Å²) in [7, 11) is -4.07. The van der Waals surface area contributed by atoms with Crippen molar-refractivity contribution in [3.05, 3.63) is 76.9 Å². The summed E-state index contributed by atoms with van der Waals surface area (Å²) in [6, 6.07) is 10.6. The lowest BCUT2D eigenvalue weighted by atomic mass is 10.2. The zero-order chi connectivity index (χ0) is 30.2. The summed E-state index contributed by atoms with van der Waals surface area (Å²) in [4.78, 5) is 18.0. The maximum Gasteiger partial charge on any atom is 0.356 e. The van der Waals surface area contributed by atoms with Crippen molar-refractivity contribution in [1.29, 1.82) is 0 Å². The SMILES string of the molecule is C=C(CN1CCN(c2ccc3c(=O)[n+](=C)c4c(S(=O)(=O)c5ccc(C)cc5C)nnn4c3c2)CC1)[N+](=C)CCCCN. The number of hydrogen-bond acceptors (Lipinski definition) is 8. The van der Waals surface area contributed by atoms with Gasteiger partial charge in [0.25, 0.3) is 5.03 Å². The number of anilines is 1. The highest BCUT2D eigenvalue weighted by Gasteiger charge is 2.34. The van der Waals surface area contributed by atoms with Crippen LogP contribution in [0.2, 0.25) is 0 Å². The van der Waals surface area contributed by atoms with Crippen LogP contribution >= 0.6 is 0 Å². The van der Waals surface area contributed by atoms with E-state index in [0.717, 1.165) is 73.3 Å². The standard InChI is InChI=1S/C30H38N8O3S/c1-21-8-11-27(22(2)18-21)42(40,41)28-29-35(5)30(39)25-10-9-24(19-26(25)38(29)33-32-28)37-16-14-36(15-17-37)20-23(3)34(4)13-7-6-12-31/h8-11,18-19H,3-7,12-17,20,31H2,1-2H3/q+2. The lowest BCUT2D eigenvalue weighted by molar-refractivity contribution is -0.489. The summed E-state index contributed by atoms with van der Waals surface area (Å²) < 4.78 is 31.8. The predicted molar refractivity (Wildman–Crippen MR) is 163 cm³/mol. The summed E-state index contributed by atoms with van der Waals surface area (Å²) in [5.41, 5.74) is 9.11. The van der Waals surface area contributed by atoms with E-state index < -0.39 is 15.4 Å². The molecule has 0 bridgehead atoms. The molecule has 0 amide bonds. The summed E-state index contributed by atoms with van der Waals surface area (Å²) in [5, 5.41) is 8.33. The van der Waals surface area contributed by atoms with E-state index in [4.69, 9.17) is 5.73 Å². The molecule has 2 aromatic carbocycles. The van der Waals surface area contributed by atoms with Crippen molar-refractivity contribution < 1.29 is 17.2 Å². The van der Waals surface area contributed by atoms with Crippen molar-refractivity contribution in [2.24, 2.45) is 5.73 Å². The number of nitrogens with zero attached hydrogens (tertiary/aromatic N) is 7. The van der Waals surface area contributed by atoms with Crippen LogP contribution in [0.4, 0.5) is 5.69 Å². The maximum atomic E-state index is 13.7. The first-order chi connectivity index (χ1) is 20.0. The van der Waals surface area contributed by atoms with E-state index in [-0.39, 0.29) is 15.6 Å². The van der Waals surface area contributed by atoms with Crippen molar-refractivity contribution in [3.8, 4) is 0 Å². The summed E-state index contributed by atoms with van der Waals surface area (Å²) in [5.74, 6) is 0. The Hall–Kier alpha value is -4.00. The fourth-order valence-electron chi connectivity index (χ4n) is 5.48. The fraction of sp³-hybridized carbons (Fsp3) is 0.367. The maximum absolute atomic E-state index is 13.7. The quantitative estimate of drug-likeness (QED) is 0.167. The number of hydrogen-bond donors (Lipinski definition) is 1. The van der Waals surface area contributed by atoms with E-state index in [1.54, 1.807) is 31.2 Å². The van der Waals surface area contributed by atoms with Gasteiger partial charge in [0, 0.05) is 49.6 Å². The Bertz CT molecular complexity index is 1910. The molecule has 0 spiro atoms. The van der Waals surface area contributed by atoms with Crippen LogP contribution in [0, 0.1) is 20.6 Å². The van der Waals surface area contributed by atoms with Gasteiger partial charge in [-0.25, -0.2) is 17.8 Å². The van der Waals surface area contributed by atoms with Crippen molar-refractivity contribution in [3.63, 3.8) is 0 Å². The second kappa shape index (κ2) is 11.7. The van der Waals surface area contributed by atoms with Gasteiger partial charge in [-0.2, -0.15) is 4.24 Å². The van der Waals surface area contributed by atoms with Crippen LogP contribution in [0.15, 0.2) is 63.4 Å². The third-order valence-corrected chi connectivity index (χ3v) is 9.72. The molecule has 0 radical (unpaired) electrons. The topological polar surface area (TPSA) is 123 Å². The largest absolute Gasteiger partial charge is 0.369 e. The highest BCUT2D eigenvalue weighted by Crippen LogP contribution is 2.27. The van der Waals surface area contributed by atoms with E-state index in [9.17, 15) is 13.2 Å². The Kier molecular flexibility index (Phi) is 8.22. The van der Waals surface area contributed by atoms with Gasteiger partial charge < -0.3 is 10.6 Å². The van der Waals surface area contributed by atoms with Gasteiger partial charge in [-0.1, -0.05) is 27.3 Å². The average Bonchev–Trinajstić information content (AvgIpc) is 3.43. The smallest absolute Gasteiger partial charge is 0.356 e. The van der Waals surface area contributed by atoms with Crippen LogP contribution in [0.5, 0.6) is 0 Å². The van der Waals surface area contributed by atoms with Gasteiger partial charge in [0.1, 0.15) is 18.6 Å². The highest BCUT2D eigenvalue weighted by molar-refractivity contribution is 7.91. The minimum absolute atomic E-state index is 0.0251. The van der Waals surface area contributed by atoms with E-state index in [1.165, 1.54) is 4.52 Å². The first-order valence-corrected chi connectivity index (χ1v) is 15.5. The summed E-state index contributed by atoms with van der Waals surface area (Å²) in [6.45, 7) is 21.3. The third-order valence-electron chi connectivity index (χ3n) is 7.91. The van der Waals surface area contributed by atoms with Gasteiger partial charge in [0.05, 0.1) is 18.2 Å². The second-order valence-electron chi connectivity index (χ2n) is 10.9. The minimum Gasteiger partial charge on any atom is -0.369 e. The molecule has 42 heavy (non-hydrogen) atoms. The molecule has 2 aromatic heterocycles. The van der Waals surface area contributed by atoms with Gasteiger partial charge in [-0.15, -0.1) is 0 Å². The van der Waals surface area contributed by atoms with Gasteiger partial charge >= 0.3 is 11.2 Å². The zero-order valence-corrected chi connectivity index (χ0v) is 25.1. The van der Waals surface area contributed by atoms with E-state index in [1.807, 2.05) is 23.6 Å². The first-order valence-electron chi connectivity index (χ1n) is 14.0. The monoisotopic (exact) mass is 590 g/mol. The normalized spacial score (nSPS) is 14.6. The van der Waals surface area contributed by atoms with Crippen LogP contribution in [0.1, 0.15) is 24.0 Å². The molecule has 0 aliphatic carbocycles. The lowest BCUT2D eigenvalue weighted by Gasteiger charge is -2.35. The number of sulfone groups is 1. The Balaban J connectivity index is 1.42. The molecule has 1 saturated heterocycles. The fourth-order valence-corrected chi connectivity index (χ4v) is 7.00. The molecule has 0 saturated carbocycles. The number of aryl methyl sites for hydroxylation is 2. The van der Waals surface area contributed by atoms with Crippen molar-refractivity contribution in [1.82, 2.24) is 19.7 Å². The molecular weight excluding hydrogens is 552 g/mol. The van der Waals surface area contributed by atoms with Gasteiger partial charge in [0.15, 0.2) is 11.2 Å². The molecule has 1 aliphatic rings. The van der Waals surface area contributed by atoms with Crippen molar-refractivity contribution in [2.45, 2.75) is 36.6 Å². The third kappa shape index (κ3) is 5.44. The Morgan fingerprint density at radius 2 is 1.83 bits per heavy atom. The molecule has 1 aliphatic heterocycles. The number of unbranched alkanes of at least 4 members (excludes halogenated alkanes) is 1. The van der Waals surface area contributed by atoms with Crippen LogP contribution in [-0.2, 0) is 9.84 Å². The summed E-state index contributed by atoms with van der Waals surface area (Å²) >= 11 is 0. The van der Waals surface area contributed by atoms with Crippen LogP contribution in [0.3, 0.4) is 0 Å². The van der Waals surface area contributed by atoms with Crippen molar-refractivity contribution >= 4 is 38.8 Å². The molecule has 11 nitrogen and oxygen atoms in total. The number of benzene rings is 2. The molecule has 12 heteroatoms.